The van der Waals surface area contributed by atoms with Crippen molar-refractivity contribution in [1.29, 1.82) is 0 Å². The summed E-state index contributed by atoms with van der Waals surface area (Å²) in [5.74, 6) is -1.09. The summed E-state index contributed by atoms with van der Waals surface area (Å²) in [4.78, 5) is 12.0. The largest absolute Gasteiger partial charge is 0.321 e. The molecule has 0 aliphatic rings. The molecule has 1 N–H and O–H groups in total. The van der Waals surface area contributed by atoms with Gasteiger partial charge in [-0.3, -0.25) is 4.79 Å². The van der Waals surface area contributed by atoms with Gasteiger partial charge in [-0.2, -0.15) is 0 Å². The molecular weight excluding hydrogens is 356 g/mol. The first-order chi connectivity index (χ1) is 8.99. The summed E-state index contributed by atoms with van der Waals surface area (Å²) >= 11 is 14.7. The molecule has 98 valence electrons. The number of hydrogen-bond donors (Lipinski definition) is 1. The third kappa shape index (κ3) is 3.26. The van der Waals surface area contributed by atoms with Crippen molar-refractivity contribution < 1.29 is 9.18 Å². The molecular formula is C13H7BrCl2FNO. The standard InChI is InChI=1S/C13H7BrCl2FNO/c14-12-9(16)2-1-3-11(12)18-13(19)7-4-5-8(15)10(17)6-7/h1-6H,(H,18,19). The molecule has 0 saturated carbocycles. The molecule has 0 bridgehead atoms. The van der Waals surface area contributed by atoms with Gasteiger partial charge in [-0.15, -0.1) is 0 Å². The highest BCUT2D eigenvalue weighted by Gasteiger charge is 2.11. The van der Waals surface area contributed by atoms with Gasteiger partial charge in [-0.05, 0) is 46.3 Å². The predicted octanol–water partition coefficient (Wildman–Crippen LogP) is 5.15. The number of benzene rings is 2. The van der Waals surface area contributed by atoms with Gasteiger partial charge in [0.15, 0.2) is 0 Å². The van der Waals surface area contributed by atoms with Crippen LogP contribution < -0.4 is 5.32 Å². The van der Waals surface area contributed by atoms with Crippen molar-refractivity contribution in [2.45, 2.75) is 0 Å². The molecule has 0 aliphatic carbocycles. The molecule has 2 nitrogen and oxygen atoms in total. The first kappa shape index (κ1) is 14.3. The molecule has 0 heterocycles. The summed E-state index contributed by atoms with van der Waals surface area (Å²) in [5, 5.41) is 3.08. The van der Waals surface area contributed by atoms with E-state index < -0.39 is 11.7 Å². The maximum atomic E-state index is 13.3. The quantitative estimate of drug-likeness (QED) is 0.786. The zero-order valence-electron chi connectivity index (χ0n) is 9.38. The number of anilines is 1. The molecule has 2 rings (SSSR count). The first-order valence-electron chi connectivity index (χ1n) is 5.19. The number of hydrogen-bond acceptors (Lipinski definition) is 1. The number of halogens is 4. The maximum Gasteiger partial charge on any atom is 0.255 e. The van der Waals surface area contributed by atoms with Gasteiger partial charge < -0.3 is 5.32 Å². The Morgan fingerprint density at radius 3 is 2.58 bits per heavy atom. The molecule has 0 aromatic heterocycles. The Hall–Kier alpha value is -1.10. The molecule has 6 heteroatoms. The van der Waals surface area contributed by atoms with Gasteiger partial charge in [0.05, 0.1) is 20.2 Å². The number of nitrogens with one attached hydrogen (secondary N) is 1. The van der Waals surface area contributed by atoms with Gasteiger partial charge in [0.2, 0.25) is 0 Å². The van der Waals surface area contributed by atoms with Crippen LogP contribution in [0.4, 0.5) is 10.1 Å². The highest BCUT2D eigenvalue weighted by atomic mass is 79.9. The van der Waals surface area contributed by atoms with Crippen molar-refractivity contribution in [2.75, 3.05) is 5.32 Å². The molecule has 0 aliphatic heterocycles. The summed E-state index contributed by atoms with van der Waals surface area (Å²) in [5.41, 5.74) is 0.682. The third-order valence-corrected chi connectivity index (χ3v) is 4.09. The SMILES string of the molecule is O=C(Nc1cccc(Cl)c1Br)c1ccc(Cl)c(F)c1. The fraction of sp³-hybridized carbons (Fsp3) is 0. The van der Waals surface area contributed by atoms with E-state index in [1.165, 1.54) is 12.1 Å². The van der Waals surface area contributed by atoms with Crippen LogP contribution >= 0.6 is 39.1 Å². The summed E-state index contributed by atoms with van der Waals surface area (Å²) in [6.45, 7) is 0. The van der Waals surface area contributed by atoms with Gasteiger partial charge in [-0.1, -0.05) is 29.3 Å². The van der Waals surface area contributed by atoms with Crippen LogP contribution in [-0.2, 0) is 0 Å². The summed E-state index contributed by atoms with van der Waals surface area (Å²) in [6, 6.07) is 8.92. The highest BCUT2D eigenvalue weighted by molar-refractivity contribution is 9.10. The van der Waals surface area contributed by atoms with Gasteiger partial charge in [0.25, 0.3) is 5.91 Å². The van der Waals surface area contributed by atoms with Gasteiger partial charge in [0.1, 0.15) is 5.82 Å². The van der Waals surface area contributed by atoms with E-state index in [4.69, 9.17) is 23.2 Å². The Morgan fingerprint density at radius 2 is 1.89 bits per heavy atom. The van der Waals surface area contributed by atoms with E-state index in [2.05, 4.69) is 21.2 Å². The first-order valence-corrected chi connectivity index (χ1v) is 6.74. The second-order valence-corrected chi connectivity index (χ2v) is 5.29. The average Bonchev–Trinajstić information content (AvgIpc) is 2.38. The Bertz CT molecular complexity index is 649. The lowest BCUT2D eigenvalue weighted by molar-refractivity contribution is 0.102. The molecule has 1 amide bonds. The number of carbonyl (C=O) groups excluding carboxylic acids is 1. The molecule has 0 fully saturated rings. The summed E-state index contributed by atoms with van der Waals surface area (Å²) < 4.78 is 13.8. The molecule has 2 aromatic rings. The number of amides is 1. The van der Waals surface area contributed by atoms with E-state index in [1.54, 1.807) is 18.2 Å². The second-order valence-electron chi connectivity index (χ2n) is 3.68. The Balaban J connectivity index is 2.26. The molecule has 0 spiro atoms. The van der Waals surface area contributed by atoms with Crippen LogP contribution in [0, 0.1) is 5.82 Å². The van der Waals surface area contributed by atoms with Gasteiger partial charge in [-0.25, -0.2) is 4.39 Å². The van der Waals surface area contributed by atoms with Crippen molar-refractivity contribution in [3.05, 3.63) is 62.3 Å². The monoisotopic (exact) mass is 361 g/mol. The lowest BCUT2D eigenvalue weighted by atomic mass is 10.2. The van der Waals surface area contributed by atoms with Crippen LogP contribution in [0.2, 0.25) is 10.0 Å². The Morgan fingerprint density at radius 1 is 1.16 bits per heavy atom. The molecule has 2 aromatic carbocycles. The topological polar surface area (TPSA) is 29.1 Å². The van der Waals surface area contributed by atoms with Crippen LogP contribution in [0.25, 0.3) is 0 Å². The van der Waals surface area contributed by atoms with Crippen molar-refractivity contribution in [1.82, 2.24) is 0 Å². The maximum absolute atomic E-state index is 13.3. The minimum Gasteiger partial charge on any atom is -0.321 e. The molecule has 0 atom stereocenters. The van der Waals surface area contributed by atoms with Crippen molar-refractivity contribution in [3.63, 3.8) is 0 Å². The second kappa shape index (κ2) is 5.90. The van der Waals surface area contributed by atoms with Gasteiger partial charge >= 0.3 is 0 Å². The Kier molecular flexibility index (Phi) is 4.45. The zero-order valence-corrected chi connectivity index (χ0v) is 12.5. The number of rotatable bonds is 2. The zero-order chi connectivity index (χ0) is 14.0. The van der Waals surface area contributed by atoms with E-state index in [9.17, 15) is 9.18 Å². The fourth-order valence-corrected chi connectivity index (χ4v) is 2.09. The van der Waals surface area contributed by atoms with E-state index in [-0.39, 0.29) is 10.6 Å². The van der Waals surface area contributed by atoms with E-state index in [1.807, 2.05) is 0 Å². The van der Waals surface area contributed by atoms with Crippen molar-refractivity contribution in [3.8, 4) is 0 Å². The average molecular weight is 363 g/mol. The summed E-state index contributed by atoms with van der Waals surface area (Å²) in [7, 11) is 0. The Labute approximate surface area is 127 Å². The highest BCUT2D eigenvalue weighted by Crippen LogP contribution is 2.30. The van der Waals surface area contributed by atoms with Crippen LogP contribution in [0.5, 0.6) is 0 Å². The lowest BCUT2D eigenvalue weighted by Gasteiger charge is -2.08. The number of carbonyl (C=O) groups is 1. The summed E-state index contributed by atoms with van der Waals surface area (Å²) in [6.07, 6.45) is 0. The normalized spacial score (nSPS) is 10.3. The van der Waals surface area contributed by atoms with E-state index in [0.29, 0.717) is 15.2 Å². The van der Waals surface area contributed by atoms with Crippen LogP contribution in [0.15, 0.2) is 40.9 Å². The smallest absolute Gasteiger partial charge is 0.255 e. The van der Waals surface area contributed by atoms with Crippen molar-refractivity contribution in [2.24, 2.45) is 0 Å². The van der Waals surface area contributed by atoms with Crippen LogP contribution in [-0.4, -0.2) is 5.91 Å². The van der Waals surface area contributed by atoms with E-state index >= 15 is 0 Å². The van der Waals surface area contributed by atoms with Crippen LogP contribution in [0.1, 0.15) is 10.4 Å². The molecule has 0 radical (unpaired) electrons. The lowest BCUT2D eigenvalue weighted by Crippen LogP contribution is -2.12. The molecule has 19 heavy (non-hydrogen) atoms. The minimum absolute atomic E-state index is 0.0273. The van der Waals surface area contributed by atoms with E-state index in [0.717, 1.165) is 6.07 Å². The molecule has 0 saturated heterocycles. The van der Waals surface area contributed by atoms with Crippen LogP contribution in [0.3, 0.4) is 0 Å². The van der Waals surface area contributed by atoms with Gasteiger partial charge in [0, 0.05) is 5.56 Å². The fourth-order valence-electron chi connectivity index (χ4n) is 1.43. The predicted molar refractivity (Wildman–Crippen MR) is 78.5 cm³/mol. The van der Waals surface area contributed by atoms with Crippen molar-refractivity contribution >= 4 is 50.7 Å². The molecule has 0 unspecified atom stereocenters. The third-order valence-electron chi connectivity index (χ3n) is 2.38. The minimum atomic E-state index is -0.639.